The molecule has 48 heavy (non-hydrogen) atoms. The molecule has 4 nitrogen and oxygen atoms in total. The normalized spacial score (nSPS) is 25.7. The van der Waals surface area contributed by atoms with Crippen molar-refractivity contribution in [3.8, 4) is 5.75 Å². The summed E-state index contributed by atoms with van der Waals surface area (Å²) in [7, 11) is -11.7. The lowest BCUT2D eigenvalue weighted by Gasteiger charge is -2.56. The molecule has 1 aliphatic rings. The van der Waals surface area contributed by atoms with E-state index in [0.717, 1.165) is 79.9 Å². The van der Waals surface area contributed by atoms with E-state index in [4.69, 9.17) is 4.74 Å². The predicted octanol–water partition coefficient (Wildman–Crippen LogP) is 9.36. The van der Waals surface area contributed by atoms with Crippen LogP contribution in [0.2, 0.25) is 0 Å². The molecule has 1 aliphatic carbocycles. The molecule has 21 heteroatoms. The van der Waals surface area contributed by atoms with Gasteiger partial charge in [-0.1, -0.05) is 36.4 Å². The summed E-state index contributed by atoms with van der Waals surface area (Å²) >= 11 is 0. The van der Waals surface area contributed by atoms with E-state index in [0.29, 0.717) is 0 Å². The van der Waals surface area contributed by atoms with Gasteiger partial charge in [0.1, 0.15) is 5.75 Å². The third-order valence-corrected chi connectivity index (χ3v) is 12.9. The van der Waals surface area contributed by atoms with Crippen LogP contribution in [-0.2, 0) is 13.7 Å². The number of hydrogen-bond acceptors (Lipinski definition) is 4. The van der Waals surface area contributed by atoms with Crippen LogP contribution in [0.5, 0.6) is 5.75 Å². The highest BCUT2D eigenvalue weighted by Crippen LogP contribution is 2.77. The molecule has 0 aromatic heterocycles. The third kappa shape index (κ3) is 4.41. The first-order valence-electron chi connectivity index (χ1n) is 12.6. The van der Waals surface area contributed by atoms with Gasteiger partial charge in [-0.3, -0.25) is 0 Å². The van der Waals surface area contributed by atoms with E-state index in [1.54, 1.807) is 0 Å². The highest BCUT2D eigenvalue weighted by Gasteiger charge is 3.08. The summed E-state index contributed by atoms with van der Waals surface area (Å²) in [5, 5.41) is -7.94. The minimum Gasteiger partial charge on any atom is -0.497 e. The summed E-state index contributed by atoms with van der Waals surface area (Å²) in [5.74, 6) is -42.3. The van der Waals surface area contributed by atoms with Crippen molar-refractivity contribution in [3.63, 3.8) is 0 Å². The van der Waals surface area contributed by atoms with Gasteiger partial charge in [0.2, 0.25) is 0 Å². The van der Waals surface area contributed by atoms with Gasteiger partial charge in [-0.05, 0) is 58.8 Å². The second kappa shape index (κ2) is 11.1. The van der Waals surface area contributed by atoms with Crippen LogP contribution in [0.25, 0.3) is 0 Å². The molecule has 0 spiro atoms. The Labute approximate surface area is 262 Å². The Bertz CT molecular complexity index is 1680. The van der Waals surface area contributed by atoms with Crippen molar-refractivity contribution in [2.24, 2.45) is 0 Å². The number of ether oxygens (including phenoxy) is 1. The van der Waals surface area contributed by atoms with Crippen LogP contribution in [0.1, 0.15) is 0 Å². The maximum atomic E-state index is 16.2. The highest BCUT2D eigenvalue weighted by atomic mass is 32.3. The monoisotopic (exact) mass is 754 g/mol. The molecule has 0 aliphatic heterocycles. The van der Waals surface area contributed by atoms with Crippen LogP contribution in [-0.4, -0.2) is 62.0 Å². The van der Waals surface area contributed by atoms with E-state index in [2.05, 4.69) is 3.63 Å². The van der Waals surface area contributed by atoms with Crippen LogP contribution < -0.4 is 4.74 Å². The Balaban J connectivity index is 2.13. The van der Waals surface area contributed by atoms with Crippen molar-refractivity contribution in [2.75, 3.05) is 7.11 Å². The van der Waals surface area contributed by atoms with E-state index < -0.39 is 81.6 Å². The maximum absolute atomic E-state index is 16.2. The van der Waals surface area contributed by atoms with Gasteiger partial charge in [0.25, 0.3) is 0 Å². The zero-order valence-electron chi connectivity index (χ0n) is 23.2. The summed E-state index contributed by atoms with van der Waals surface area (Å²) in [5.41, 5.74) is -8.68. The lowest BCUT2D eigenvalue weighted by molar-refractivity contribution is -0.493. The average Bonchev–Trinajstić information content (AvgIpc) is 3.02. The molecule has 4 rings (SSSR count). The van der Waals surface area contributed by atoms with Gasteiger partial charge in [-0.2, -0.15) is 65.5 Å². The van der Waals surface area contributed by atoms with Crippen LogP contribution in [0.15, 0.2) is 99.6 Å². The number of hydrogen-bond donors (Lipinski definition) is 0. The lowest BCUT2D eigenvalue weighted by atomic mass is 9.69. The Morgan fingerprint density at radius 1 is 0.542 bits per heavy atom. The van der Waals surface area contributed by atoms with Gasteiger partial charge < -0.3 is 4.74 Å². The van der Waals surface area contributed by atoms with Gasteiger partial charge in [-0.15, -0.1) is 0 Å². The van der Waals surface area contributed by atoms with Crippen molar-refractivity contribution in [2.45, 2.75) is 61.1 Å². The molecule has 266 valence electrons. The van der Waals surface area contributed by atoms with E-state index in [-0.39, 0.29) is 5.75 Å². The number of methoxy groups -OCH3 is 1. The molecule has 0 bridgehead atoms. The second-order valence-corrected chi connectivity index (χ2v) is 14.5. The molecule has 1 fully saturated rings. The smallest absolute Gasteiger partial charge is 0.457 e. The molecule has 0 saturated heterocycles. The molecule has 1 saturated carbocycles. The molecule has 0 N–H and O–H groups in total. The third-order valence-electron chi connectivity index (χ3n) is 7.33. The van der Waals surface area contributed by atoms with Crippen molar-refractivity contribution in [1.82, 2.24) is 0 Å². The number of alkyl halides is 15. The number of benzene rings is 3. The Kier molecular flexibility index (Phi) is 8.66. The summed E-state index contributed by atoms with van der Waals surface area (Å²) in [6.07, 6.45) is -8.01. The molecule has 3 aromatic rings. The standard InChI is InChI=1S/C27H17F15O4S2/c1-45-16-12-14-19(15-13-16)47(17-8-4-2-5-9-17,18-10-6-3-7-11-18)46-48(43,44)26(39)24(35,36)21(29,30)20(28,22(31,32)25(26,37)38)23(33,34)27(40,41)42/h2-15H,1H3. The van der Waals surface area contributed by atoms with E-state index in [9.17, 15) is 52.3 Å². The van der Waals surface area contributed by atoms with Crippen LogP contribution in [0.4, 0.5) is 65.9 Å². The van der Waals surface area contributed by atoms with E-state index in [1.165, 1.54) is 12.1 Å². The van der Waals surface area contributed by atoms with Crippen molar-refractivity contribution >= 4 is 20.4 Å². The van der Waals surface area contributed by atoms with Crippen molar-refractivity contribution in [3.05, 3.63) is 84.9 Å². The predicted molar refractivity (Wildman–Crippen MR) is 137 cm³/mol. The molecular weight excluding hydrogens is 737 g/mol. The fraction of sp³-hybridized carbons (Fsp3) is 0.333. The first-order valence-corrected chi connectivity index (χ1v) is 15.5. The van der Waals surface area contributed by atoms with Crippen LogP contribution in [0.3, 0.4) is 0 Å². The first kappa shape index (κ1) is 37.5. The fourth-order valence-electron chi connectivity index (χ4n) is 4.83. The van der Waals surface area contributed by atoms with Gasteiger partial charge in [0.15, 0.2) is 0 Å². The summed E-state index contributed by atoms with van der Waals surface area (Å²) in [4.78, 5) is -1.70. The summed E-state index contributed by atoms with van der Waals surface area (Å²) in [6.45, 7) is 0. The molecule has 3 aromatic carbocycles. The molecular formula is C27H17F15O4S2. The van der Waals surface area contributed by atoms with Gasteiger partial charge in [0, 0.05) is 14.7 Å². The Morgan fingerprint density at radius 2 is 0.896 bits per heavy atom. The average molecular weight is 755 g/mol. The largest absolute Gasteiger partial charge is 0.497 e. The zero-order chi connectivity index (χ0) is 36.6. The van der Waals surface area contributed by atoms with Gasteiger partial charge in [0.05, 0.1) is 7.11 Å². The summed E-state index contributed by atoms with van der Waals surface area (Å²) in [6, 6.07) is 14.3. The number of rotatable bonds is 8. The van der Waals surface area contributed by atoms with Crippen LogP contribution in [0, 0.1) is 0 Å². The van der Waals surface area contributed by atoms with Crippen LogP contribution >= 0.6 is 10.3 Å². The quantitative estimate of drug-likeness (QED) is 0.215. The minimum absolute atomic E-state index is 0.0208. The molecule has 0 heterocycles. The summed E-state index contributed by atoms with van der Waals surface area (Å²) < 4.78 is 255. The first-order chi connectivity index (χ1) is 21.7. The molecule has 0 radical (unpaired) electrons. The van der Waals surface area contributed by atoms with Gasteiger partial charge in [-0.25, -0.2) is 12.4 Å². The molecule has 0 unspecified atom stereocenters. The highest BCUT2D eigenvalue weighted by molar-refractivity contribution is 8.33. The number of halogens is 15. The fourth-order valence-corrected chi connectivity index (χ4v) is 10.5. The van der Waals surface area contributed by atoms with E-state index in [1.807, 2.05) is 0 Å². The Hall–Kier alpha value is -3.33. The van der Waals surface area contributed by atoms with E-state index >= 15 is 22.0 Å². The van der Waals surface area contributed by atoms with Crippen molar-refractivity contribution < 1.29 is 82.6 Å². The Morgan fingerprint density at radius 3 is 1.23 bits per heavy atom. The maximum Gasteiger partial charge on any atom is 0.457 e. The zero-order valence-corrected chi connectivity index (χ0v) is 24.8. The lowest BCUT2D eigenvalue weighted by Crippen LogP contribution is -2.90. The second-order valence-electron chi connectivity index (χ2n) is 10.0. The topological polar surface area (TPSA) is 52.6 Å². The van der Waals surface area contributed by atoms with Crippen molar-refractivity contribution in [1.29, 1.82) is 0 Å². The molecule has 0 amide bonds. The SMILES string of the molecule is COc1ccc(S(OS(=O)(=O)C2(F)C(F)(F)C(F)(F)C(F)(C(F)(F)C(F)(F)F)C(F)(F)C2(F)F)(c2ccccc2)c2ccccc2)cc1. The molecule has 0 atom stereocenters. The van der Waals surface area contributed by atoms with Gasteiger partial charge >= 0.3 is 56.6 Å². The minimum atomic E-state index is -8.68.